The molecule has 1 amide bonds. The number of benzene rings is 1. The van der Waals surface area contributed by atoms with Crippen molar-refractivity contribution < 1.29 is 18.7 Å². The Balaban J connectivity index is 1.68. The van der Waals surface area contributed by atoms with Gasteiger partial charge in [0.2, 0.25) is 0 Å². The molecule has 0 spiro atoms. The smallest absolute Gasteiger partial charge is 0.414 e. The summed E-state index contributed by atoms with van der Waals surface area (Å²) >= 11 is 4.91. The second-order valence-electron chi connectivity index (χ2n) is 7.38. The second-order valence-corrected chi connectivity index (χ2v) is 7.75. The molecule has 0 saturated carbocycles. The van der Waals surface area contributed by atoms with Crippen LogP contribution in [0.2, 0.25) is 0 Å². The fourth-order valence-corrected chi connectivity index (χ4v) is 3.21. The van der Waals surface area contributed by atoms with Crippen LogP contribution in [-0.4, -0.2) is 67.5 Å². The number of anilines is 2. The van der Waals surface area contributed by atoms with Gasteiger partial charge in [-0.15, -0.1) is 6.42 Å². The minimum atomic E-state index is -0.538. The van der Waals surface area contributed by atoms with Crippen molar-refractivity contribution in [3.8, 4) is 12.3 Å². The summed E-state index contributed by atoms with van der Waals surface area (Å²) in [4.78, 5) is 15.3. The van der Waals surface area contributed by atoms with E-state index in [1.54, 1.807) is 28.4 Å². The van der Waals surface area contributed by atoms with Crippen LogP contribution in [0.4, 0.5) is 20.6 Å². The largest absolute Gasteiger partial charge is 0.474 e. The summed E-state index contributed by atoms with van der Waals surface area (Å²) in [5, 5.41) is 9.20. The van der Waals surface area contributed by atoms with Crippen molar-refractivity contribution in [3.05, 3.63) is 24.0 Å². The van der Waals surface area contributed by atoms with Gasteiger partial charge >= 0.3 is 6.09 Å². The lowest BCUT2D eigenvalue weighted by molar-refractivity contribution is 0.142. The Labute approximate surface area is 180 Å². The summed E-state index contributed by atoms with van der Waals surface area (Å²) in [7, 11) is 1.45. The van der Waals surface area contributed by atoms with Crippen LogP contribution in [0.1, 0.15) is 13.8 Å². The van der Waals surface area contributed by atoms with Crippen LogP contribution in [0, 0.1) is 18.2 Å². The van der Waals surface area contributed by atoms with Gasteiger partial charge in [0.15, 0.2) is 0 Å². The van der Waals surface area contributed by atoms with Crippen molar-refractivity contribution in [3.63, 3.8) is 0 Å². The maximum atomic E-state index is 14.8. The molecule has 1 fully saturated rings. The number of hydrogen-bond acceptors (Lipinski definition) is 7. The molecule has 2 aliphatic heterocycles. The molecule has 1 aromatic rings. The quantitative estimate of drug-likeness (QED) is 0.564. The van der Waals surface area contributed by atoms with E-state index in [4.69, 9.17) is 28.1 Å². The summed E-state index contributed by atoms with van der Waals surface area (Å²) in [6, 6.07) is 4.62. The fourth-order valence-electron chi connectivity index (χ4n) is 3.13. The molecule has 3 rings (SSSR count). The summed E-state index contributed by atoms with van der Waals surface area (Å²) < 4.78 is 25.0. The fraction of sp³-hybridized carbons (Fsp3) is 0.450. The molecule has 0 aromatic heterocycles. The third-order valence-electron chi connectivity index (χ3n) is 4.97. The summed E-state index contributed by atoms with van der Waals surface area (Å²) in [6.45, 7) is 5.48. The van der Waals surface area contributed by atoms with Crippen molar-refractivity contribution in [2.45, 2.75) is 25.5 Å². The molecule has 160 valence electrons. The van der Waals surface area contributed by atoms with Crippen LogP contribution in [0.3, 0.4) is 0 Å². The normalized spacial score (nSPS) is 18.8. The van der Waals surface area contributed by atoms with E-state index in [0.717, 1.165) is 0 Å². The first-order valence-corrected chi connectivity index (χ1v) is 9.81. The number of nitrogens with zero attached hydrogens (tertiary/aromatic N) is 4. The lowest BCUT2D eigenvalue weighted by Crippen LogP contribution is -2.47. The van der Waals surface area contributed by atoms with Crippen LogP contribution in [0.5, 0.6) is 0 Å². The number of carbonyl (C=O) groups is 1. The summed E-state index contributed by atoms with van der Waals surface area (Å²) in [5.74, 6) is 2.23. The predicted octanol–water partition coefficient (Wildman–Crippen LogP) is 2.15. The first-order chi connectivity index (χ1) is 14.2. The molecule has 0 aliphatic carbocycles. The Morgan fingerprint density at radius 3 is 2.87 bits per heavy atom. The number of cyclic esters (lactones) is 1. The molecule has 2 aliphatic rings. The highest BCUT2D eigenvalue weighted by Crippen LogP contribution is 2.28. The standard InChI is InChI=1S/C20H24FN5O3S/c1-5-20(2,3)26-9-8-24(13-23-26)17-7-6-14(10-16(17)21)25-12-15(29-19(25)27)11-22-18(30)28-4/h1,6-7,10,13,15H,8-9,11-12H2,2-4H3,(H,22,30)/t15-/m0/s1. The maximum Gasteiger partial charge on any atom is 0.414 e. The number of carbonyl (C=O) groups excluding carboxylic acids is 1. The average Bonchev–Trinajstić information content (AvgIpc) is 3.12. The van der Waals surface area contributed by atoms with E-state index >= 15 is 0 Å². The molecule has 0 unspecified atom stereocenters. The van der Waals surface area contributed by atoms with E-state index in [1.807, 2.05) is 13.8 Å². The highest BCUT2D eigenvalue weighted by molar-refractivity contribution is 7.80. The van der Waals surface area contributed by atoms with Crippen molar-refractivity contribution in [1.29, 1.82) is 0 Å². The van der Waals surface area contributed by atoms with Gasteiger partial charge in [-0.2, -0.15) is 5.10 Å². The minimum Gasteiger partial charge on any atom is -0.474 e. The highest BCUT2D eigenvalue weighted by atomic mass is 32.1. The highest BCUT2D eigenvalue weighted by Gasteiger charge is 2.33. The minimum absolute atomic E-state index is 0.215. The Morgan fingerprint density at radius 1 is 1.50 bits per heavy atom. The molecular formula is C20H24FN5O3S. The van der Waals surface area contributed by atoms with E-state index in [9.17, 15) is 9.18 Å². The van der Waals surface area contributed by atoms with Crippen molar-refractivity contribution >= 4 is 41.2 Å². The second kappa shape index (κ2) is 8.75. The molecule has 1 aromatic carbocycles. The maximum absolute atomic E-state index is 14.8. The third-order valence-corrected chi connectivity index (χ3v) is 5.28. The van der Waals surface area contributed by atoms with E-state index in [-0.39, 0.29) is 11.7 Å². The Morgan fingerprint density at radius 2 is 2.27 bits per heavy atom. The number of nitrogens with one attached hydrogen (secondary N) is 1. The van der Waals surface area contributed by atoms with Crippen molar-refractivity contribution in [1.82, 2.24) is 10.3 Å². The van der Waals surface area contributed by atoms with Gasteiger partial charge < -0.3 is 19.7 Å². The van der Waals surface area contributed by atoms with Gasteiger partial charge in [-0.05, 0) is 44.3 Å². The predicted molar refractivity (Wildman–Crippen MR) is 117 cm³/mol. The van der Waals surface area contributed by atoms with Gasteiger partial charge in [-0.3, -0.25) is 9.91 Å². The van der Waals surface area contributed by atoms with E-state index in [1.165, 1.54) is 18.1 Å². The number of amides is 1. The zero-order valence-corrected chi connectivity index (χ0v) is 17.9. The van der Waals surface area contributed by atoms with Crippen LogP contribution < -0.4 is 15.1 Å². The average molecular weight is 434 g/mol. The Hall–Kier alpha value is -3.06. The number of halogens is 1. The molecule has 30 heavy (non-hydrogen) atoms. The number of methoxy groups -OCH3 is 1. The Kier molecular flexibility index (Phi) is 6.31. The molecule has 1 atom stereocenters. The zero-order valence-electron chi connectivity index (χ0n) is 17.1. The Bertz CT molecular complexity index is 901. The van der Waals surface area contributed by atoms with Gasteiger partial charge in [0.1, 0.15) is 23.8 Å². The molecule has 10 heteroatoms. The number of hydrogen-bond donors (Lipinski definition) is 1. The van der Waals surface area contributed by atoms with E-state index < -0.39 is 23.6 Å². The number of terminal acetylenes is 1. The first-order valence-electron chi connectivity index (χ1n) is 9.41. The first kappa shape index (κ1) is 21.6. The lowest BCUT2D eigenvalue weighted by atomic mass is 10.1. The van der Waals surface area contributed by atoms with E-state index in [0.29, 0.717) is 31.0 Å². The van der Waals surface area contributed by atoms with Crippen LogP contribution in [-0.2, 0) is 9.47 Å². The van der Waals surface area contributed by atoms with Crippen LogP contribution in [0.25, 0.3) is 0 Å². The lowest BCUT2D eigenvalue weighted by Gasteiger charge is -2.37. The number of thiocarbonyl (C=S) groups is 1. The van der Waals surface area contributed by atoms with E-state index in [2.05, 4.69) is 16.3 Å². The van der Waals surface area contributed by atoms with Crippen molar-refractivity contribution in [2.75, 3.05) is 43.1 Å². The number of rotatable bonds is 5. The molecule has 0 radical (unpaired) electrons. The zero-order chi connectivity index (χ0) is 21.9. The molecular weight excluding hydrogens is 409 g/mol. The SMILES string of the molecule is C#CC(C)(C)N1CCN(c2ccc(N3C[C@H](CNC(=S)OC)OC3=O)cc2F)C=N1. The number of hydrazone groups is 1. The van der Waals surface area contributed by atoms with Crippen LogP contribution in [0.15, 0.2) is 23.3 Å². The van der Waals surface area contributed by atoms with Crippen LogP contribution >= 0.6 is 12.2 Å². The summed E-state index contributed by atoms with van der Waals surface area (Å²) in [6.07, 6.45) is 6.15. The monoisotopic (exact) mass is 433 g/mol. The van der Waals surface area contributed by atoms with Gasteiger partial charge in [0.25, 0.3) is 5.17 Å². The third kappa shape index (κ3) is 4.57. The van der Waals surface area contributed by atoms with Gasteiger partial charge in [-0.25, -0.2) is 9.18 Å². The number of ether oxygens (including phenoxy) is 2. The van der Waals surface area contributed by atoms with Gasteiger partial charge in [0, 0.05) is 6.54 Å². The summed E-state index contributed by atoms with van der Waals surface area (Å²) in [5.41, 5.74) is 0.276. The van der Waals surface area contributed by atoms with Gasteiger partial charge in [-0.1, -0.05) is 5.92 Å². The molecule has 1 saturated heterocycles. The molecule has 2 heterocycles. The van der Waals surface area contributed by atoms with Crippen molar-refractivity contribution in [2.24, 2.45) is 5.10 Å². The topological polar surface area (TPSA) is 69.6 Å². The molecule has 0 bridgehead atoms. The molecule has 8 nitrogen and oxygen atoms in total. The van der Waals surface area contributed by atoms with Gasteiger partial charge in [0.05, 0.1) is 38.1 Å². The molecule has 1 N–H and O–H groups in total.